The summed E-state index contributed by atoms with van der Waals surface area (Å²) in [4.78, 5) is 4.04. The third kappa shape index (κ3) is 3.11. The summed E-state index contributed by atoms with van der Waals surface area (Å²) in [5.41, 5.74) is 4.68. The smallest absolute Gasteiger partial charge is 0.0343 e. The predicted molar refractivity (Wildman–Crippen MR) is 93.4 cm³/mol. The minimum Gasteiger partial charge on any atom is -0.265 e. The summed E-state index contributed by atoms with van der Waals surface area (Å²) in [5.74, 6) is 0. The fraction of sp³-hybridized carbons (Fsp3) is 0.105. The Morgan fingerprint density at radius 1 is 0.905 bits per heavy atom. The molecule has 2 heterocycles. The van der Waals surface area contributed by atoms with E-state index < -0.39 is 0 Å². The molecule has 0 radical (unpaired) electrons. The van der Waals surface area contributed by atoms with Gasteiger partial charge in [-0.2, -0.15) is 0 Å². The van der Waals surface area contributed by atoms with E-state index in [1.54, 1.807) is 23.7 Å². The number of hydrogen-bond acceptors (Lipinski definition) is 2. The van der Waals surface area contributed by atoms with Gasteiger partial charge in [-0.25, -0.2) is 0 Å². The fourth-order valence-electron chi connectivity index (χ4n) is 2.36. The largest absolute Gasteiger partial charge is 0.265 e. The van der Waals surface area contributed by atoms with E-state index in [9.17, 15) is 0 Å². The van der Waals surface area contributed by atoms with E-state index in [0.717, 1.165) is 24.0 Å². The van der Waals surface area contributed by atoms with Crippen LogP contribution < -0.4 is 0 Å². The molecule has 0 amide bonds. The molecular weight excluding hydrogens is 274 g/mol. The van der Waals surface area contributed by atoms with Gasteiger partial charge in [-0.05, 0) is 76.2 Å². The molecule has 104 valence electrons. The topological polar surface area (TPSA) is 12.9 Å². The van der Waals surface area contributed by atoms with Gasteiger partial charge in [0.05, 0.1) is 0 Å². The number of fused-ring (bicyclic) bond motifs is 1. The molecule has 2 heteroatoms. The Morgan fingerprint density at radius 3 is 2.38 bits per heavy atom. The zero-order valence-corrected chi connectivity index (χ0v) is 12.7. The van der Waals surface area contributed by atoms with E-state index in [0.29, 0.717) is 0 Å². The van der Waals surface area contributed by atoms with Crippen LogP contribution in [0, 0.1) is 0 Å². The van der Waals surface area contributed by atoms with E-state index >= 15 is 0 Å². The number of thiophene rings is 1. The summed E-state index contributed by atoms with van der Waals surface area (Å²) in [5, 5.41) is 3.43. The van der Waals surface area contributed by atoms with Gasteiger partial charge in [0.1, 0.15) is 0 Å². The van der Waals surface area contributed by atoms with Crippen molar-refractivity contribution in [3.63, 3.8) is 0 Å². The van der Waals surface area contributed by atoms with Gasteiger partial charge >= 0.3 is 0 Å². The minimum absolute atomic E-state index is 0.921. The van der Waals surface area contributed by atoms with Crippen LogP contribution in [0.25, 0.3) is 21.2 Å². The van der Waals surface area contributed by atoms with Gasteiger partial charge in [0.2, 0.25) is 0 Å². The van der Waals surface area contributed by atoms with Gasteiger partial charge in [0, 0.05) is 17.1 Å². The quantitative estimate of drug-likeness (QED) is 0.578. The van der Waals surface area contributed by atoms with Gasteiger partial charge < -0.3 is 0 Å². The Hall–Kier alpha value is -2.19. The third-order valence-electron chi connectivity index (χ3n) is 3.68. The molecule has 1 aromatic carbocycles. The number of benzene rings is 1. The zero-order valence-electron chi connectivity index (χ0n) is 11.9. The normalized spacial score (nSPS) is 10.7. The molecule has 1 nitrogen and oxygen atoms in total. The average Bonchev–Trinajstić information content (AvgIpc) is 3.00. The summed E-state index contributed by atoms with van der Waals surface area (Å²) in [7, 11) is 0. The van der Waals surface area contributed by atoms with E-state index in [1.165, 1.54) is 21.2 Å². The molecule has 3 rings (SSSR count). The molecule has 0 bridgehead atoms. The van der Waals surface area contributed by atoms with Crippen LogP contribution in [-0.2, 0) is 0 Å². The molecule has 0 fully saturated rings. The van der Waals surface area contributed by atoms with Crippen molar-refractivity contribution in [2.75, 3.05) is 0 Å². The van der Waals surface area contributed by atoms with Gasteiger partial charge in [-0.15, -0.1) is 11.3 Å². The molecule has 0 N–H and O–H groups in total. The van der Waals surface area contributed by atoms with Crippen molar-refractivity contribution in [1.29, 1.82) is 0 Å². The summed E-state index contributed by atoms with van der Waals surface area (Å²) < 4.78 is 1.33. The first-order valence-corrected chi connectivity index (χ1v) is 7.85. The second kappa shape index (κ2) is 6.06. The molecule has 0 aliphatic carbocycles. The second-order valence-corrected chi connectivity index (χ2v) is 6.06. The third-order valence-corrected chi connectivity index (χ3v) is 4.58. The maximum Gasteiger partial charge on any atom is 0.0343 e. The van der Waals surface area contributed by atoms with Crippen molar-refractivity contribution in [2.24, 2.45) is 0 Å². The van der Waals surface area contributed by atoms with E-state index in [4.69, 9.17) is 0 Å². The highest BCUT2D eigenvalue weighted by Gasteiger charge is 2.04. The highest BCUT2D eigenvalue weighted by atomic mass is 32.1. The Balaban J connectivity index is 1.67. The Kier molecular flexibility index (Phi) is 3.98. The van der Waals surface area contributed by atoms with E-state index in [2.05, 4.69) is 47.8 Å². The van der Waals surface area contributed by atoms with Crippen molar-refractivity contribution in [3.05, 3.63) is 78.5 Å². The first kappa shape index (κ1) is 13.8. The van der Waals surface area contributed by atoms with Crippen LogP contribution in [0.4, 0.5) is 0 Å². The molecule has 0 saturated carbocycles. The van der Waals surface area contributed by atoms with Crippen molar-refractivity contribution in [2.45, 2.75) is 12.8 Å². The molecule has 3 aromatic rings. The summed E-state index contributed by atoms with van der Waals surface area (Å²) in [6, 6.07) is 12.7. The highest BCUT2D eigenvalue weighted by Crippen LogP contribution is 2.28. The summed E-state index contributed by atoms with van der Waals surface area (Å²) in [6.45, 7) is 8.40. The monoisotopic (exact) mass is 291 g/mol. The van der Waals surface area contributed by atoms with Crippen LogP contribution in [0.2, 0.25) is 0 Å². The first-order valence-electron chi connectivity index (χ1n) is 6.97. The lowest BCUT2D eigenvalue weighted by molar-refractivity contribution is 1.09. The predicted octanol–water partition coefficient (Wildman–Crippen LogP) is 5.80. The van der Waals surface area contributed by atoms with Gasteiger partial charge in [0.15, 0.2) is 0 Å². The Bertz CT molecular complexity index is 783. The molecule has 2 aromatic heterocycles. The van der Waals surface area contributed by atoms with Crippen LogP contribution >= 0.6 is 11.3 Å². The van der Waals surface area contributed by atoms with Gasteiger partial charge in [-0.3, -0.25) is 4.98 Å². The lowest BCUT2D eigenvalue weighted by atomic mass is 9.97. The lowest BCUT2D eigenvalue weighted by Gasteiger charge is -2.09. The maximum atomic E-state index is 4.23. The molecular formula is C19H17NS. The Labute approximate surface area is 129 Å². The molecule has 0 spiro atoms. The maximum absolute atomic E-state index is 4.23. The first-order chi connectivity index (χ1) is 10.2. The van der Waals surface area contributed by atoms with Crippen LogP contribution in [0.15, 0.2) is 67.3 Å². The van der Waals surface area contributed by atoms with E-state index in [1.807, 2.05) is 12.1 Å². The number of hydrogen-bond donors (Lipinski definition) is 0. The lowest BCUT2D eigenvalue weighted by Crippen LogP contribution is -1.87. The van der Waals surface area contributed by atoms with Crippen LogP contribution in [0.3, 0.4) is 0 Å². The molecule has 21 heavy (non-hydrogen) atoms. The zero-order chi connectivity index (χ0) is 14.7. The van der Waals surface area contributed by atoms with Gasteiger partial charge in [0.25, 0.3) is 0 Å². The van der Waals surface area contributed by atoms with E-state index in [-0.39, 0.29) is 0 Å². The number of allylic oxidation sites excluding steroid dienone is 2. The highest BCUT2D eigenvalue weighted by molar-refractivity contribution is 7.17. The van der Waals surface area contributed by atoms with Crippen LogP contribution in [0.1, 0.15) is 24.0 Å². The standard InChI is InChI=1S/C19H17NS/c1-14(16-7-10-20-11-8-16)3-4-15(2)17-5-6-19-18(13-17)9-12-21-19/h5-13H,1-4H2. The average molecular weight is 291 g/mol. The minimum atomic E-state index is 0.921. The van der Waals surface area contributed by atoms with Crippen molar-refractivity contribution < 1.29 is 0 Å². The second-order valence-electron chi connectivity index (χ2n) is 5.12. The number of rotatable bonds is 5. The van der Waals surface area contributed by atoms with Crippen molar-refractivity contribution in [1.82, 2.24) is 4.98 Å². The van der Waals surface area contributed by atoms with Gasteiger partial charge in [-0.1, -0.05) is 19.2 Å². The number of aromatic nitrogens is 1. The van der Waals surface area contributed by atoms with Crippen molar-refractivity contribution >= 4 is 32.6 Å². The van der Waals surface area contributed by atoms with Crippen LogP contribution in [-0.4, -0.2) is 4.98 Å². The SMILES string of the molecule is C=C(CCC(=C)c1ccc2sccc2c1)c1ccncc1. The molecule has 0 aliphatic rings. The molecule has 0 unspecified atom stereocenters. The molecule has 0 aliphatic heterocycles. The molecule has 0 saturated heterocycles. The molecule has 0 atom stereocenters. The Morgan fingerprint density at radius 2 is 1.62 bits per heavy atom. The van der Waals surface area contributed by atoms with Crippen molar-refractivity contribution in [3.8, 4) is 0 Å². The summed E-state index contributed by atoms with van der Waals surface area (Å²) in [6.07, 6.45) is 5.46. The fourth-order valence-corrected chi connectivity index (χ4v) is 3.14. The number of nitrogens with zero attached hydrogens (tertiary/aromatic N) is 1. The number of pyridine rings is 1. The van der Waals surface area contributed by atoms with Crippen LogP contribution in [0.5, 0.6) is 0 Å². The summed E-state index contributed by atoms with van der Waals surface area (Å²) >= 11 is 1.77.